The number of rotatable bonds is 6. The van der Waals surface area contributed by atoms with Gasteiger partial charge < -0.3 is 15.2 Å². The number of benzene rings is 1. The van der Waals surface area contributed by atoms with Crippen LogP contribution in [0.15, 0.2) is 18.2 Å². The lowest BCUT2D eigenvalue weighted by molar-refractivity contribution is -0.385. The number of nitrogens with two attached hydrogens (primary N) is 1. The number of nitrogens with zero attached hydrogens (tertiary/aromatic N) is 1. The van der Waals surface area contributed by atoms with Crippen LogP contribution in [0.25, 0.3) is 0 Å². The van der Waals surface area contributed by atoms with E-state index in [1.54, 1.807) is 19.2 Å². The summed E-state index contributed by atoms with van der Waals surface area (Å²) in [6, 6.07) is 4.60. The minimum absolute atomic E-state index is 0.0448. The minimum atomic E-state index is -0.475. The Kier molecular flexibility index (Phi) is 4.86. The summed E-state index contributed by atoms with van der Waals surface area (Å²) in [6.07, 6.45) is 0.586. The third-order valence-electron chi connectivity index (χ3n) is 2.32. The zero-order valence-corrected chi connectivity index (χ0v) is 9.88. The molecule has 0 radical (unpaired) electrons. The summed E-state index contributed by atoms with van der Waals surface area (Å²) < 4.78 is 9.90. The first-order chi connectivity index (χ1) is 8.08. The molecule has 0 saturated carbocycles. The van der Waals surface area contributed by atoms with Crippen LogP contribution < -0.4 is 10.5 Å². The van der Waals surface area contributed by atoms with Gasteiger partial charge in [-0.2, -0.15) is 0 Å². The van der Waals surface area contributed by atoms with E-state index in [1.807, 2.05) is 0 Å². The SMILES string of the molecule is COCC(N)Cc1ccc([N+](=O)[O-])c(OC)c1. The molecule has 0 spiro atoms. The predicted octanol–water partition coefficient (Wildman–Crippen LogP) is 1.12. The monoisotopic (exact) mass is 240 g/mol. The highest BCUT2D eigenvalue weighted by molar-refractivity contribution is 5.48. The zero-order chi connectivity index (χ0) is 12.8. The van der Waals surface area contributed by atoms with Gasteiger partial charge in [0, 0.05) is 19.2 Å². The van der Waals surface area contributed by atoms with Gasteiger partial charge in [0.05, 0.1) is 18.6 Å². The molecular weight excluding hydrogens is 224 g/mol. The van der Waals surface area contributed by atoms with Gasteiger partial charge in [0.15, 0.2) is 5.75 Å². The normalized spacial score (nSPS) is 12.2. The highest BCUT2D eigenvalue weighted by Gasteiger charge is 2.15. The Bertz CT molecular complexity index is 395. The standard InChI is InChI=1S/C11H16N2O4/c1-16-7-9(12)5-8-3-4-10(13(14)15)11(6-8)17-2/h3-4,6,9H,5,7,12H2,1-2H3. The molecule has 1 atom stereocenters. The maximum absolute atomic E-state index is 10.7. The van der Waals surface area contributed by atoms with Gasteiger partial charge in [-0.1, -0.05) is 6.07 Å². The molecule has 6 heteroatoms. The molecule has 0 aliphatic carbocycles. The molecule has 0 aliphatic rings. The van der Waals surface area contributed by atoms with Crippen LogP contribution in [0, 0.1) is 10.1 Å². The average Bonchev–Trinajstić information content (AvgIpc) is 2.28. The molecule has 0 aromatic heterocycles. The molecule has 0 fully saturated rings. The Balaban J connectivity index is 2.86. The Hall–Kier alpha value is -1.66. The summed E-state index contributed by atoms with van der Waals surface area (Å²) in [5.41, 5.74) is 6.65. The second kappa shape index (κ2) is 6.17. The van der Waals surface area contributed by atoms with Crippen molar-refractivity contribution < 1.29 is 14.4 Å². The summed E-state index contributed by atoms with van der Waals surface area (Å²) in [7, 11) is 2.98. The smallest absolute Gasteiger partial charge is 0.310 e. The molecule has 0 aliphatic heterocycles. The van der Waals surface area contributed by atoms with Crippen molar-refractivity contribution >= 4 is 5.69 Å². The molecule has 1 rings (SSSR count). The third-order valence-corrected chi connectivity index (χ3v) is 2.32. The number of methoxy groups -OCH3 is 2. The molecule has 1 unspecified atom stereocenters. The maximum Gasteiger partial charge on any atom is 0.310 e. The fourth-order valence-electron chi connectivity index (χ4n) is 1.58. The van der Waals surface area contributed by atoms with E-state index in [2.05, 4.69) is 0 Å². The molecule has 6 nitrogen and oxygen atoms in total. The van der Waals surface area contributed by atoms with E-state index in [0.29, 0.717) is 13.0 Å². The van der Waals surface area contributed by atoms with Crippen LogP contribution in [0.1, 0.15) is 5.56 Å². The van der Waals surface area contributed by atoms with Crippen molar-refractivity contribution in [2.45, 2.75) is 12.5 Å². The first-order valence-electron chi connectivity index (χ1n) is 5.14. The summed E-state index contributed by atoms with van der Waals surface area (Å²) in [5, 5.41) is 10.7. The van der Waals surface area contributed by atoms with Gasteiger partial charge >= 0.3 is 5.69 Å². The molecular formula is C11H16N2O4. The van der Waals surface area contributed by atoms with Crippen molar-refractivity contribution in [2.75, 3.05) is 20.8 Å². The largest absolute Gasteiger partial charge is 0.490 e. The van der Waals surface area contributed by atoms with Crippen LogP contribution in [-0.2, 0) is 11.2 Å². The van der Waals surface area contributed by atoms with E-state index in [1.165, 1.54) is 13.2 Å². The highest BCUT2D eigenvalue weighted by atomic mass is 16.6. The fourth-order valence-corrected chi connectivity index (χ4v) is 1.58. The van der Waals surface area contributed by atoms with E-state index >= 15 is 0 Å². The van der Waals surface area contributed by atoms with Gasteiger partial charge in [0.2, 0.25) is 0 Å². The van der Waals surface area contributed by atoms with Crippen LogP contribution >= 0.6 is 0 Å². The molecule has 94 valence electrons. The van der Waals surface area contributed by atoms with Crippen LogP contribution in [0.4, 0.5) is 5.69 Å². The van der Waals surface area contributed by atoms with E-state index in [-0.39, 0.29) is 17.5 Å². The zero-order valence-electron chi connectivity index (χ0n) is 9.88. The lowest BCUT2D eigenvalue weighted by Crippen LogP contribution is -2.27. The van der Waals surface area contributed by atoms with Crippen LogP contribution in [0.5, 0.6) is 5.75 Å². The van der Waals surface area contributed by atoms with Gasteiger partial charge in [-0.15, -0.1) is 0 Å². The molecule has 0 saturated heterocycles. The number of hydrogen-bond donors (Lipinski definition) is 1. The van der Waals surface area contributed by atoms with Crippen molar-refractivity contribution in [1.29, 1.82) is 0 Å². The Morgan fingerprint density at radius 3 is 2.71 bits per heavy atom. The number of nitro benzene ring substituents is 1. The number of nitro groups is 1. The van der Waals surface area contributed by atoms with Crippen molar-refractivity contribution in [3.63, 3.8) is 0 Å². The number of hydrogen-bond acceptors (Lipinski definition) is 5. The van der Waals surface area contributed by atoms with Gasteiger partial charge in [0.1, 0.15) is 0 Å². The maximum atomic E-state index is 10.7. The minimum Gasteiger partial charge on any atom is -0.490 e. The van der Waals surface area contributed by atoms with Crippen molar-refractivity contribution in [1.82, 2.24) is 0 Å². The average molecular weight is 240 g/mol. The topological polar surface area (TPSA) is 87.6 Å². The molecule has 0 bridgehead atoms. The van der Waals surface area contributed by atoms with Crippen LogP contribution in [0.2, 0.25) is 0 Å². The molecule has 1 aromatic carbocycles. The van der Waals surface area contributed by atoms with E-state index in [9.17, 15) is 10.1 Å². The summed E-state index contributed by atoms with van der Waals surface area (Å²) in [6.45, 7) is 0.444. The fraction of sp³-hybridized carbons (Fsp3) is 0.455. The second-order valence-electron chi connectivity index (χ2n) is 3.68. The second-order valence-corrected chi connectivity index (χ2v) is 3.68. The van der Waals surface area contributed by atoms with Crippen molar-refractivity contribution in [3.8, 4) is 5.75 Å². The molecule has 0 heterocycles. The summed E-state index contributed by atoms with van der Waals surface area (Å²) in [4.78, 5) is 10.2. The van der Waals surface area contributed by atoms with Crippen LogP contribution in [-0.4, -0.2) is 31.8 Å². The highest BCUT2D eigenvalue weighted by Crippen LogP contribution is 2.27. The first kappa shape index (κ1) is 13.4. The van der Waals surface area contributed by atoms with Gasteiger partial charge in [-0.25, -0.2) is 0 Å². The van der Waals surface area contributed by atoms with E-state index in [4.69, 9.17) is 15.2 Å². The quantitative estimate of drug-likeness (QED) is 0.594. The third kappa shape index (κ3) is 3.69. The Morgan fingerprint density at radius 2 is 2.18 bits per heavy atom. The Labute approximate surface area is 99.5 Å². The summed E-state index contributed by atoms with van der Waals surface area (Å²) >= 11 is 0. The van der Waals surface area contributed by atoms with Gasteiger partial charge in [0.25, 0.3) is 0 Å². The van der Waals surface area contributed by atoms with Crippen molar-refractivity contribution in [3.05, 3.63) is 33.9 Å². The molecule has 2 N–H and O–H groups in total. The van der Waals surface area contributed by atoms with E-state index in [0.717, 1.165) is 5.56 Å². The predicted molar refractivity (Wildman–Crippen MR) is 63.2 cm³/mol. The lowest BCUT2D eigenvalue weighted by Gasteiger charge is -2.11. The van der Waals surface area contributed by atoms with Gasteiger partial charge in [-0.05, 0) is 18.1 Å². The molecule has 17 heavy (non-hydrogen) atoms. The molecule has 1 aromatic rings. The van der Waals surface area contributed by atoms with E-state index < -0.39 is 4.92 Å². The summed E-state index contributed by atoms with van der Waals surface area (Å²) in [5.74, 6) is 0.247. The first-order valence-corrected chi connectivity index (χ1v) is 5.14. The van der Waals surface area contributed by atoms with Gasteiger partial charge in [-0.3, -0.25) is 10.1 Å². The Morgan fingerprint density at radius 1 is 1.47 bits per heavy atom. The van der Waals surface area contributed by atoms with Crippen molar-refractivity contribution in [2.24, 2.45) is 5.73 Å². The molecule has 0 amide bonds. The lowest BCUT2D eigenvalue weighted by atomic mass is 10.1. The number of ether oxygens (including phenoxy) is 2. The van der Waals surface area contributed by atoms with Crippen LogP contribution in [0.3, 0.4) is 0 Å².